The molecule has 0 aliphatic rings. The SMILES string of the molecule is [2H]C([2H])(c1ccccc1)c1cccc(-c2ccccn2)c1. The average molecular weight is 247 g/mol. The molecule has 1 aromatic heterocycles. The third-order valence-electron chi connectivity index (χ3n) is 2.89. The summed E-state index contributed by atoms with van der Waals surface area (Å²) in [5.41, 5.74) is 3.07. The largest absolute Gasteiger partial charge is 0.256 e. The van der Waals surface area contributed by atoms with Crippen molar-refractivity contribution in [3.05, 3.63) is 90.1 Å². The molecule has 0 saturated carbocycles. The fourth-order valence-corrected chi connectivity index (χ4v) is 1.98. The van der Waals surface area contributed by atoms with Crippen LogP contribution in [0.5, 0.6) is 0 Å². The summed E-state index contributed by atoms with van der Waals surface area (Å²) < 4.78 is 16.8. The standard InChI is InChI=1S/C18H15N/c1-2-7-15(8-3-1)13-16-9-6-10-17(14-16)18-11-4-5-12-19-18/h1-12,14H,13H2/i13D2. The lowest BCUT2D eigenvalue weighted by Gasteiger charge is -2.05. The summed E-state index contributed by atoms with van der Waals surface area (Å²) >= 11 is 0. The Morgan fingerprint density at radius 2 is 1.58 bits per heavy atom. The summed E-state index contributed by atoms with van der Waals surface area (Å²) in [6, 6.07) is 22.5. The minimum absolute atomic E-state index is 0.636. The predicted octanol–water partition coefficient (Wildman–Crippen LogP) is 4.34. The van der Waals surface area contributed by atoms with Crippen LogP contribution < -0.4 is 0 Å². The molecule has 1 nitrogen and oxygen atoms in total. The summed E-state index contributed by atoms with van der Waals surface area (Å²) in [4.78, 5) is 4.32. The smallest absolute Gasteiger partial charge is 0.0702 e. The van der Waals surface area contributed by atoms with E-state index in [0.717, 1.165) is 11.3 Å². The minimum atomic E-state index is -1.52. The van der Waals surface area contributed by atoms with E-state index in [1.165, 1.54) is 0 Å². The van der Waals surface area contributed by atoms with E-state index in [4.69, 9.17) is 2.74 Å². The van der Waals surface area contributed by atoms with Crippen molar-refractivity contribution >= 4 is 0 Å². The molecule has 19 heavy (non-hydrogen) atoms. The van der Waals surface area contributed by atoms with Crippen molar-refractivity contribution in [2.75, 3.05) is 0 Å². The van der Waals surface area contributed by atoms with Crippen LogP contribution in [0.1, 0.15) is 13.9 Å². The number of pyridine rings is 1. The number of rotatable bonds is 3. The quantitative estimate of drug-likeness (QED) is 0.671. The maximum Gasteiger partial charge on any atom is 0.0702 e. The first-order chi connectivity index (χ1) is 10.2. The van der Waals surface area contributed by atoms with Gasteiger partial charge in [0.25, 0.3) is 0 Å². The third-order valence-corrected chi connectivity index (χ3v) is 2.89. The van der Waals surface area contributed by atoms with Gasteiger partial charge in [-0.2, -0.15) is 0 Å². The molecule has 3 aromatic rings. The highest BCUT2D eigenvalue weighted by atomic mass is 14.7. The zero-order chi connectivity index (χ0) is 14.7. The maximum atomic E-state index is 8.41. The van der Waals surface area contributed by atoms with Gasteiger partial charge in [-0.25, -0.2) is 0 Å². The van der Waals surface area contributed by atoms with Crippen LogP contribution >= 0.6 is 0 Å². The van der Waals surface area contributed by atoms with E-state index in [-0.39, 0.29) is 0 Å². The van der Waals surface area contributed by atoms with Gasteiger partial charge in [0.2, 0.25) is 0 Å². The van der Waals surface area contributed by atoms with E-state index in [9.17, 15) is 0 Å². The van der Waals surface area contributed by atoms with Gasteiger partial charge in [-0.15, -0.1) is 0 Å². The summed E-state index contributed by atoms with van der Waals surface area (Å²) in [7, 11) is 0. The molecule has 1 heteroatoms. The number of hydrogen-bond acceptors (Lipinski definition) is 1. The zero-order valence-corrected chi connectivity index (χ0v) is 10.5. The van der Waals surface area contributed by atoms with E-state index in [1.54, 1.807) is 6.20 Å². The Balaban J connectivity index is 2.04. The molecular weight excluding hydrogens is 230 g/mol. The molecule has 0 unspecified atom stereocenters. The van der Waals surface area contributed by atoms with Crippen LogP contribution in [-0.2, 0) is 6.37 Å². The molecular formula is C18H15N. The Hall–Kier alpha value is -2.41. The molecule has 2 aromatic carbocycles. The molecule has 3 rings (SSSR count). The van der Waals surface area contributed by atoms with Crippen LogP contribution in [0.4, 0.5) is 0 Å². The number of nitrogens with zero attached hydrogens (tertiary/aromatic N) is 1. The van der Waals surface area contributed by atoms with Crippen LogP contribution in [0, 0.1) is 0 Å². The summed E-state index contributed by atoms with van der Waals surface area (Å²) in [5, 5.41) is 0. The van der Waals surface area contributed by atoms with Gasteiger partial charge >= 0.3 is 0 Å². The fraction of sp³-hybridized carbons (Fsp3) is 0.0556. The second-order valence-electron chi connectivity index (χ2n) is 4.29. The molecule has 0 radical (unpaired) electrons. The minimum Gasteiger partial charge on any atom is -0.256 e. The molecule has 0 atom stereocenters. The van der Waals surface area contributed by atoms with Gasteiger partial charge in [-0.3, -0.25) is 4.98 Å². The lowest BCUT2D eigenvalue weighted by atomic mass is 10.0. The van der Waals surface area contributed by atoms with Crippen molar-refractivity contribution in [3.8, 4) is 11.3 Å². The molecule has 0 fully saturated rings. The van der Waals surface area contributed by atoms with E-state index >= 15 is 0 Å². The lowest BCUT2D eigenvalue weighted by Crippen LogP contribution is -1.89. The summed E-state index contributed by atoms with van der Waals surface area (Å²) in [6.45, 7) is 0. The van der Waals surface area contributed by atoms with Gasteiger partial charge < -0.3 is 0 Å². The van der Waals surface area contributed by atoms with Crippen molar-refractivity contribution in [3.63, 3.8) is 0 Å². The van der Waals surface area contributed by atoms with Gasteiger partial charge in [0.1, 0.15) is 0 Å². The molecule has 0 amide bonds. The number of hydrogen-bond donors (Lipinski definition) is 0. The first-order valence-corrected chi connectivity index (χ1v) is 6.25. The van der Waals surface area contributed by atoms with Crippen LogP contribution in [0.15, 0.2) is 79.0 Å². The van der Waals surface area contributed by atoms with Crippen molar-refractivity contribution in [1.82, 2.24) is 4.98 Å². The van der Waals surface area contributed by atoms with E-state index in [1.807, 2.05) is 72.8 Å². The van der Waals surface area contributed by atoms with E-state index in [2.05, 4.69) is 4.98 Å². The van der Waals surface area contributed by atoms with Gasteiger partial charge in [0.15, 0.2) is 0 Å². The second kappa shape index (κ2) is 5.49. The van der Waals surface area contributed by atoms with Crippen LogP contribution in [0.25, 0.3) is 11.3 Å². The van der Waals surface area contributed by atoms with Crippen LogP contribution in [0.3, 0.4) is 0 Å². The highest BCUT2D eigenvalue weighted by Gasteiger charge is 2.00. The first kappa shape index (κ1) is 9.51. The zero-order valence-electron chi connectivity index (χ0n) is 12.5. The Bertz CT molecular complexity index is 724. The Kier molecular flexibility index (Phi) is 2.75. The van der Waals surface area contributed by atoms with Crippen LogP contribution in [-0.4, -0.2) is 4.98 Å². The highest BCUT2D eigenvalue weighted by molar-refractivity contribution is 5.59. The lowest BCUT2D eigenvalue weighted by molar-refractivity contribution is 1.19. The molecule has 0 N–H and O–H groups in total. The third kappa shape index (κ3) is 2.89. The van der Waals surface area contributed by atoms with Gasteiger partial charge in [-0.1, -0.05) is 54.6 Å². The van der Waals surface area contributed by atoms with Crippen molar-refractivity contribution in [2.24, 2.45) is 0 Å². The van der Waals surface area contributed by atoms with Gasteiger partial charge in [0.05, 0.1) is 5.69 Å². The molecule has 1 heterocycles. The Morgan fingerprint density at radius 1 is 0.789 bits per heavy atom. The Morgan fingerprint density at radius 3 is 2.37 bits per heavy atom. The van der Waals surface area contributed by atoms with E-state index < -0.39 is 6.37 Å². The van der Waals surface area contributed by atoms with E-state index in [0.29, 0.717) is 11.1 Å². The number of benzene rings is 2. The van der Waals surface area contributed by atoms with Crippen molar-refractivity contribution < 1.29 is 2.74 Å². The fourth-order valence-electron chi connectivity index (χ4n) is 1.98. The topological polar surface area (TPSA) is 12.9 Å². The molecule has 0 aliphatic heterocycles. The maximum absolute atomic E-state index is 8.41. The molecule has 92 valence electrons. The second-order valence-corrected chi connectivity index (χ2v) is 4.29. The first-order valence-electron chi connectivity index (χ1n) is 7.25. The number of aromatic nitrogens is 1. The molecule has 0 saturated heterocycles. The predicted molar refractivity (Wildman–Crippen MR) is 78.9 cm³/mol. The van der Waals surface area contributed by atoms with Gasteiger partial charge in [-0.05, 0) is 35.7 Å². The molecule has 0 aliphatic carbocycles. The van der Waals surface area contributed by atoms with Crippen LogP contribution in [0.2, 0.25) is 0 Å². The highest BCUT2D eigenvalue weighted by Crippen LogP contribution is 2.19. The average Bonchev–Trinajstić information content (AvgIpc) is 2.57. The van der Waals surface area contributed by atoms with Crippen molar-refractivity contribution in [1.29, 1.82) is 0 Å². The summed E-state index contributed by atoms with van der Waals surface area (Å²) in [6.07, 6.45) is 0.222. The normalized spacial score (nSPS) is 12.6. The van der Waals surface area contributed by atoms with Gasteiger partial charge in [0, 0.05) is 14.5 Å². The summed E-state index contributed by atoms with van der Waals surface area (Å²) in [5.74, 6) is 0. The Labute approximate surface area is 116 Å². The molecule has 0 bridgehead atoms. The molecule has 0 spiro atoms. The van der Waals surface area contributed by atoms with Crippen molar-refractivity contribution in [2.45, 2.75) is 6.37 Å². The monoisotopic (exact) mass is 247 g/mol.